The van der Waals surface area contributed by atoms with E-state index in [0.29, 0.717) is 0 Å². The zero-order valence-corrected chi connectivity index (χ0v) is 37.6. The van der Waals surface area contributed by atoms with Gasteiger partial charge < -0.3 is 4.90 Å². The maximum absolute atomic E-state index is 2.50. The Morgan fingerprint density at radius 2 is 0.687 bits per heavy atom. The lowest BCUT2D eigenvalue weighted by molar-refractivity contribution is 0.563. The molecule has 11 aromatic rings. The second-order valence-corrected chi connectivity index (χ2v) is 18.8. The molecule has 316 valence electrons. The fourth-order valence-electron chi connectivity index (χ4n) is 11.8. The quantitative estimate of drug-likeness (QED) is 0.161. The summed E-state index contributed by atoms with van der Waals surface area (Å²) in [6.07, 6.45) is 0. The van der Waals surface area contributed by atoms with Crippen LogP contribution in [0.3, 0.4) is 0 Å². The highest BCUT2D eigenvalue weighted by Gasteiger charge is 2.53. The second kappa shape index (κ2) is 15.2. The summed E-state index contributed by atoms with van der Waals surface area (Å²) < 4.78 is 0. The average molecular weight is 854 g/mol. The van der Waals surface area contributed by atoms with E-state index in [1.165, 1.54) is 99.4 Å². The van der Waals surface area contributed by atoms with Crippen molar-refractivity contribution in [3.05, 3.63) is 282 Å². The van der Waals surface area contributed by atoms with E-state index in [0.717, 1.165) is 17.1 Å². The van der Waals surface area contributed by atoms with Gasteiger partial charge in [-0.1, -0.05) is 220 Å². The highest BCUT2D eigenvalue weighted by atomic mass is 15.1. The Morgan fingerprint density at radius 1 is 0.269 bits per heavy atom. The van der Waals surface area contributed by atoms with Crippen LogP contribution in [0.2, 0.25) is 0 Å². The molecular formula is C66H47N. The number of anilines is 3. The average Bonchev–Trinajstić information content (AvgIpc) is 3.69. The minimum atomic E-state index is -0.414. The molecule has 1 spiro atoms. The molecule has 0 aliphatic heterocycles. The van der Waals surface area contributed by atoms with Gasteiger partial charge in [0.1, 0.15) is 0 Å². The highest BCUT2D eigenvalue weighted by Crippen LogP contribution is 2.62. The van der Waals surface area contributed by atoms with Gasteiger partial charge in [-0.3, -0.25) is 0 Å². The SMILES string of the molecule is CC1(C)c2ccccc2C2(c3ccccc3-c3ccccc32)c2ccc(-c3cccc(N(c4ccc(-c5cccc6ccccc56)cc4)c4ccc(-c5cccc6ccccc56)cc4)c3)cc21. The van der Waals surface area contributed by atoms with Gasteiger partial charge in [-0.05, 0) is 142 Å². The first kappa shape index (κ1) is 39.1. The minimum absolute atomic E-state index is 0.235. The lowest BCUT2D eigenvalue weighted by Gasteiger charge is -2.46. The molecule has 0 amide bonds. The van der Waals surface area contributed by atoms with Crippen molar-refractivity contribution in [3.8, 4) is 44.5 Å². The second-order valence-electron chi connectivity index (χ2n) is 18.8. The van der Waals surface area contributed by atoms with Crippen LogP contribution in [-0.2, 0) is 10.8 Å². The molecule has 0 unspecified atom stereocenters. The van der Waals surface area contributed by atoms with Crippen molar-refractivity contribution >= 4 is 38.6 Å². The summed E-state index contributed by atoms with van der Waals surface area (Å²) in [6, 6.07) is 92.5. The van der Waals surface area contributed by atoms with Crippen LogP contribution in [0.4, 0.5) is 17.1 Å². The molecule has 0 N–H and O–H groups in total. The molecule has 1 nitrogen and oxygen atoms in total. The van der Waals surface area contributed by atoms with Crippen LogP contribution >= 0.6 is 0 Å². The standard InChI is InChI=1S/C66H47N/c1-65(2)61-30-11-12-31-62(61)66(59-28-9-7-24-57(59)58-25-8-10-29-60(58)66)63-41-36-49(43-64(63)65)48-20-13-21-52(42-48)67(50-37-32-46(33-38-50)55-26-14-18-44-16-3-5-22-53(44)55)51-39-34-47(35-40-51)56-27-15-19-45-17-4-6-23-54(45)56/h3-43H,1-2H3. The third-order valence-electron chi connectivity index (χ3n) is 14.9. The fourth-order valence-corrected chi connectivity index (χ4v) is 11.8. The molecule has 0 atom stereocenters. The maximum atomic E-state index is 2.50. The van der Waals surface area contributed by atoms with Crippen molar-refractivity contribution < 1.29 is 0 Å². The van der Waals surface area contributed by atoms with E-state index in [9.17, 15) is 0 Å². The van der Waals surface area contributed by atoms with Crippen LogP contribution in [0, 0.1) is 0 Å². The minimum Gasteiger partial charge on any atom is -0.310 e. The summed E-state index contributed by atoms with van der Waals surface area (Å²) in [6.45, 7) is 4.83. The van der Waals surface area contributed by atoms with Crippen LogP contribution in [0.15, 0.2) is 249 Å². The van der Waals surface area contributed by atoms with Gasteiger partial charge in [0.05, 0.1) is 5.41 Å². The molecule has 0 aromatic heterocycles. The third kappa shape index (κ3) is 5.94. The summed E-state index contributed by atoms with van der Waals surface area (Å²) in [5.41, 5.74) is 20.8. The Hall–Kier alpha value is -8.26. The summed E-state index contributed by atoms with van der Waals surface area (Å²) >= 11 is 0. The molecule has 0 radical (unpaired) electrons. The van der Waals surface area contributed by atoms with Gasteiger partial charge in [-0.25, -0.2) is 0 Å². The highest BCUT2D eigenvalue weighted by molar-refractivity contribution is 5.98. The van der Waals surface area contributed by atoms with Gasteiger partial charge in [0, 0.05) is 22.5 Å². The van der Waals surface area contributed by atoms with Gasteiger partial charge in [-0.15, -0.1) is 0 Å². The van der Waals surface area contributed by atoms with E-state index in [1.54, 1.807) is 0 Å². The Labute approximate surface area is 392 Å². The van der Waals surface area contributed by atoms with Crippen molar-refractivity contribution in [2.24, 2.45) is 0 Å². The van der Waals surface area contributed by atoms with Crippen LogP contribution < -0.4 is 4.90 Å². The molecule has 13 rings (SSSR count). The molecule has 2 aliphatic carbocycles. The smallest absolute Gasteiger partial charge is 0.0719 e. The summed E-state index contributed by atoms with van der Waals surface area (Å²) in [5, 5.41) is 5.01. The molecule has 1 heteroatoms. The van der Waals surface area contributed by atoms with Crippen molar-refractivity contribution in [1.82, 2.24) is 0 Å². The van der Waals surface area contributed by atoms with Crippen LogP contribution in [0.5, 0.6) is 0 Å². The van der Waals surface area contributed by atoms with Crippen molar-refractivity contribution in [3.63, 3.8) is 0 Å². The van der Waals surface area contributed by atoms with Gasteiger partial charge in [0.2, 0.25) is 0 Å². The maximum Gasteiger partial charge on any atom is 0.0719 e. The van der Waals surface area contributed by atoms with Gasteiger partial charge in [-0.2, -0.15) is 0 Å². The molecule has 67 heavy (non-hydrogen) atoms. The molecular weight excluding hydrogens is 807 g/mol. The predicted octanol–water partition coefficient (Wildman–Crippen LogP) is 17.5. The first-order chi connectivity index (χ1) is 33.0. The van der Waals surface area contributed by atoms with Crippen LogP contribution in [-0.4, -0.2) is 0 Å². The lowest BCUT2D eigenvalue weighted by atomic mass is 9.55. The molecule has 11 aromatic carbocycles. The van der Waals surface area contributed by atoms with Gasteiger partial charge >= 0.3 is 0 Å². The topological polar surface area (TPSA) is 3.24 Å². The number of fused-ring (bicyclic) bond motifs is 11. The largest absolute Gasteiger partial charge is 0.310 e. The van der Waals surface area contributed by atoms with E-state index in [1.807, 2.05) is 0 Å². The number of hydrogen-bond donors (Lipinski definition) is 0. The predicted molar refractivity (Wildman–Crippen MR) is 282 cm³/mol. The van der Waals surface area contributed by atoms with E-state index in [-0.39, 0.29) is 5.41 Å². The molecule has 2 aliphatic rings. The Kier molecular flexibility index (Phi) is 8.85. The number of rotatable bonds is 6. The Morgan fingerprint density at radius 3 is 1.27 bits per heavy atom. The van der Waals surface area contributed by atoms with E-state index < -0.39 is 5.41 Å². The zero-order chi connectivity index (χ0) is 44.7. The summed E-state index contributed by atoms with van der Waals surface area (Å²) in [4.78, 5) is 2.41. The molecule has 0 heterocycles. The molecule has 0 saturated heterocycles. The van der Waals surface area contributed by atoms with Crippen LogP contribution in [0.25, 0.3) is 66.1 Å². The van der Waals surface area contributed by atoms with Gasteiger partial charge in [0.15, 0.2) is 0 Å². The summed E-state index contributed by atoms with van der Waals surface area (Å²) in [5.74, 6) is 0. The zero-order valence-electron chi connectivity index (χ0n) is 37.6. The Balaban J connectivity index is 0.953. The first-order valence-corrected chi connectivity index (χ1v) is 23.5. The van der Waals surface area contributed by atoms with E-state index in [2.05, 4.69) is 267 Å². The number of benzene rings is 11. The molecule has 0 fully saturated rings. The van der Waals surface area contributed by atoms with Crippen molar-refractivity contribution in [1.29, 1.82) is 0 Å². The number of hydrogen-bond acceptors (Lipinski definition) is 1. The van der Waals surface area contributed by atoms with E-state index in [4.69, 9.17) is 0 Å². The molecule has 0 bridgehead atoms. The number of nitrogens with zero attached hydrogens (tertiary/aromatic N) is 1. The van der Waals surface area contributed by atoms with Crippen molar-refractivity contribution in [2.75, 3.05) is 4.90 Å². The molecule has 0 saturated carbocycles. The summed E-state index contributed by atoms with van der Waals surface area (Å²) in [7, 11) is 0. The third-order valence-corrected chi connectivity index (χ3v) is 14.9. The first-order valence-electron chi connectivity index (χ1n) is 23.5. The normalized spacial score (nSPS) is 13.8. The van der Waals surface area contributed by atoms with E-state index >= 15 is 0 Å². The van der Waals surface area contributed by atoms with Crippen molar-refractivity contribution in [2.45, 2.75) is 24.7 Å². The van der Waals surface area contributed by atoms with Crippen LogP contribution in [0.1, 0.15) is 47.2 Å². The van der Waals surface area contributed by atoms with Gasteiger partial charge in [0.25, 0.3) is 0 Å². The monoisotopic (exact) mass is 853 g/mol. The lowest BCUT2D eigenvalue weighted by Crippen LogP contribution is -2.40. The fraction of sp³-hybridized carbons (Fsp3) is 0.0606. The Bertz CT molecular complexity index is 3540.